The second-order valence-electron chi connectivity index (χ2n) is 5.76. The minimum Gasteiger partial charge on any atom is -0.368 e. The van der Waals surface area contributed by atoms with Crippen molar-refractivity contribution in [1.82, 2.24) is 19.7 Å². The first-order valence-electron chi connectivity index (χ1n) is 8.01. The Kier molecular flexibility index (Phi) is 5.01. The van der Waals surface area contributed by atoms with Crippen LogP contribution in [0.2, 0.25) is 5.15 Å². The van der Waals surface area contributed by atoms with Gasteiger partial charge < -0.3 is 15.1 Å². The predicted octanol–water partition coefficient (Wildman–Crippen LogP) is 1.71. The summed E-state index contributed by atoms with van der Waals surface area (Å²) >= 11 is 5.90. The van der Waals surface area contributed by atoms with E-state index in [2.05, 4.69) is 32.1 Å². The average molecular weight is 349 g/mol. The van der Waals surface area contributed by atoms with Crippen molar-refractivity contribution in [3.8, 4) is 0 Å². The molecule has 1 saturated heterocycles. The molecular formula is C16H21ClN6O. The highest BCUT2D eigenvalue weighted by atomic mass is 35.5. The Bertz CT molecular complexity index is 752. The van der Waals surface area contributed by atoms with E-state index in [0.29, 0.717) is 11.5 Å². The van der Waals surface area contributed by atoms with E-state index in [-0.39, 0.29) is 10.7 Å². The van der Waals surface area contributed by atoms with Crippen molar-refractivity contribution in [3.05, 3.63) is 39.9 Å². The van der Waals surface area contributed by atoms with E-state index in [1.54, 1.807) is 7.05 Å². The van der Waals surface area contributed by atoms with Gasteiger partial charge in [-0.1, -0.05) is 18.5 Å². The Morgan fingerprint density at radius 2 is 2.00 bits per heavy atom. The van der Waals surface area contributed by atoms with Gasteiger partial charge in [-0.15, -0.1) is 0 Å². The van der Waals surface area contributed by atoms with Gasteiger partial charge in [0.1, 0.15) is 11.5 Å². The van der Waals surface area contributed by atoms with Crippen molar-refractivity contribution in [2.75, 3.05) is 42.9 Å². The molecule has 3 heterocycles. The molecule has 0 aliphatic carbocycles. The van der Waals surface area contributed by atoms with Crippen LogP contribution in [0.1, 0.15) is 6.92 Å². The maximum Gasteiger partial charge on any atom is 0.290 e. The number of nitrogens with zero attached hydrogens (tertiary/aromatic N) is 5. The molecule has 0 aromatic carbocycles. The molecule has 7 nitrogen and oxygen atoms in total. The molecule has 128 valence electrons. The van der Waals surface area contributed by atoms with E-state index in [1.165, 1.54) is 10.7 Å². The summed E-state index contributed by atoms with van der Waals surface area (Å²) in [5.74, 6) is 0.602. The Morgan fingerprint density at radius 3 is 2.62 bits per heavy atom. The number of aromatic nitrogens is 3. The average Bonchev–Trinajstić information content (AvgIpc) is 2.60. The lowest BCUT2D eigenvalue weighted by atomic mass is 10.2. The molecule has 2 aromatic heterocycles. The number of aryl methyl sites for hydroxylation is 1. The van der Waals surface area contributed by atoms with Crippen LogP contribution in [0.5, 0.6) is 0 Å². The van der Waals surface area contributed by atoms with E-state index >= 15 is 0 Å². The molecule has 0 saturated carbocycles. The Hall–Kier alpha value is -2.12. The lowest BCUT2D eigenvalue weighted by molar-refractivity contribution is 0.271. The van der Waals surface area contributed by atoms with Gasteiger partial charge in [-0.3, -0.25) is 4.79 Å². The fourth-order valence-corrected chi connectivity index (χ4v) is 2.99. The highest BCUT2D eigenvalue weighted by Crippen LogP contribution is 2.19. The normalized spacial score (nSPS) is 15.5. The summed E-state index contributed by atoms with van der Waals surface area (Å²) in [5, 5.41) is 7.12. The van der Waals surface area contributed by atoms with Crippen LogP contribution in [0, 0.1) is 0 Å². The third-order valence-electron chi connectivity index (χ3n) is 4.23. The number of anilines is 3. The number of pyridine rings is 1. The van der Waals surface area contributed by atoms with Gasteiger partial charge >= 0.3 is 0 Å². The maximum atomic E-state index is 12.0. The number of hydrogen-bond donors (Lipinski definition) is 1. The van der Waals surface area contributed by atoms with Crippen molar-refractivity contribution in [2.45, 2.75) is 6.92 Å². The van der Waals surface area contributed by atoms with E-state index in [9.17, 15) is 4.79 Å². The summed E-state index contributed by atoms with van der Waals surface area (Å²) in [5.41, 5.74) is 1.20. The standard InChI is InChI=1S/C16H21ClN6O/c1-3-22-6-8-23(9-7-22)12-4-5-15(18-11-12)19-13-10-14(17)20-21(2)16(13)24/h4-5,10-11H,3,6-9H2,1-2H3,(H,18,19). The minimum atomic E-state index is -0.249. The zero-order chi connectivity index (χ0) is 17.1. The molecule has 1 fully saturated rings. The van der Waals surface area contributed by atoms with Gasteiger partial charge in [0.05, 0.1) is 11.9 Å². The number of piperazine rings is 1. The smallest absolute Gasteiger partial charge is 0.290 e. The summed E-state index contributed by atoms with van der Waals surface area (Å²) in [7, 11) is 1.56. The van der Waals surface area contributed by atoms with Crippen LogP contribution in [0.4, 0.5) is 17.2 Å². The largest absolute Gasteiger partial charge is 0.368 e. The van der Waals surface area contributed by atoms with E-state index in [4.69, 9.17) is 11.6 Å². The topological polar surface area (TPSA) is 66.3 Å². The molecule has 0 radical (unpaired) electrons. The number of rotatable bonds is 4. The van der Waals surface area contributed by atoms with Crippen molar-refractivity contribution in [1.29, 1.82) is 0 Å². The lowest BCUT2D eigenvalue weighted by Gasteiger charge is -2.35. The van der Waals surface area contributed by atoms with Crippen LogP contribution >= 0.6 is 11.6 Å². The molecule has 24 heavy (non-hydrogen) atoms. The number of hydrogen-bond acceptors (Lipinski definition) is 6. The molecule has 1 N–H and O–H groups in total. The molecule has 0 atom stereocenters. The van der Waals surface area contributed by atoms with Gasteiger partial charge in [0.25, 0.3) is 5.56 Å². The van der Waals surface area contributed by atoms with Crippen molar-refractivity contribution in [2.24, 2.45) is 7.05 Å². The van der Waals surface area contributed by atoms with Gasteiger partial charge in [-0.25, -0.2) is 9.67 Å². The van der Waals surface area contributed by atoms with Gasteiger partial charge in [0.15, 0.2) is 5.15 Å². The summed E-state index contributed by atoms with van der Waals surface area (Å²) < 4.78 is 1.20. The second-order valence-corrected chi connectivity index (χ2v) is 6.14. The molecule has 0 amide bonds. The first-order chi connectivity index (χ1) is 11.6. The zero-order valence-electron chi connectivity index (χ0n) is 13.9. The van der Waals surface area contributed by atoms with Crippen molar-refractivity contribution < 1.29 is 0 Å². The van der Waals surface area contributed by atoms with Crippen LogP contribution < -0.4 is 15.8 Å². The monoisotopic (exact) mass is 348 g/mol. The van der Waals surface area contributed by atoms with Gasteiger partial charge in [-0.2, -0.15) is 5.10 Å². The Labute approximate surface area is 145 Å². The lowest BCUT2D eigenvalue weighted by Crippen LogP contribution is -2.46. The Morgan fingerprint density at radius 1 is 1.25 bits per heavy atom. The molecule has 0 unspecified atom stereocenters. The predicted molar refractivity (Wildman–Crippen MR) is 96.3 cm³/mol. The molecule has 1 aliphatic heterocycles. The fourth-order valence-electron chi connectivity index (χ4n) is 2.77. The summed E-state index contributed by atoms with van der Waals surface area (Å²) in [6, 6.07) is 5.39. The van der Waals surface area contributed by atoms with Crippen LogP contribution in [0.25, 0.3) is 0 Å². The summed E-state index contributed by atoms with van der Waals surface area (Å²) in [4.78, 5) is 21.2. The first-order valence-corrected chi connectivity index (χ1v) is 8.39. The van der Waals surface area contributed by atoms with Crippen LogP contribution in [-0.4, -0.2) is 52.4 Å². The van der Waals surface area contributed by atoms with Crippen LogP contribution in [0.3, 0.4) is 0 Å². The molecule has 1 aliphatic rings. The van der Waals surface area contributed by atoms with Gasteiger partial charge in [0.2, 0.25) is 0 Å². The summed E-state index contributed by atoms with van der Waals surface area (Å²) in [6.07, 6.45) is 1.83. The molecule has 2 aromatic rings. The maximum absolute atomic E-state index is 12.0. The number of likely N-dealkylation sites (N-methyl/N-ethyl adjacent to an activating group) is 1. The number of nitrogens with one attached hydrogen (secondary N) is 1. The molecule has 0 bridgehead atoms. The highest BCUT2D eigenvalue weighted by molar-refractivity contribution is 6.29. The van der Waals surface area contributed by atoms with Crippen molar-refractivity contribution >= 4 is 28.8 Å². The highest BCUT2D eigenvalue weighted by Gasteiger charge is 2.16. The third kappa shape index (κ3) is 3.68. The third-order valence-corrected chi connectivity index (χ3v) is 4.41. The van der Waals surface area contributed by atoms with Gasteiger partial charge in [-0.05, 0) is 18.7 Å². The Balaban J connectivity index is 1.70. The van der Waals surface area contributed by atoms with Crippen LogP contribution in [0.15, 0.2) is 29.2 Å². The number of halogens is 1. The summed E-state index contributed by atoms with van der Waals surface area (Å²) in [6.45, 7) is 7.43. The fraction of sp³-hybridized carbons (Fsp3) is 0.438. The second kappa shape index (κ2) is 7.19. The minimum absolute atomic E-state index is 0.249. The van der Waals surface area contributed by atoms with Crippen molar-refractivity contribution in [3.63, 3.8) is 0 Å². The molecule has 3 rings (SSSR count). The first kappa shape index (κ1) is 16.7. The van der Waals surface area contributed by atoms with Crippen LogP contribution in [-0.2, 0) is 7.05 Å². The van der Waals surface area contributed by atoms with E-state index in [1.807, 2.05) is 18.3 Å². The zero-order valence-corrected chi connectivity index (χ0v) is 14.6. The SMILES string of the molecule is CCN1CCN(c2ccc(Nc3cc(Cl)nn(C)c3=O)nc2)CC1. The van der Waals surface area contributed by atoms with Gasteiger partial charge in [0, 0.05) is 39.3 Å². The molecular weight excluding hydrogens is 328 g/mol. The molecule has 8 heteroatoms. The van der Waals surface area contributed by atoms with E-state index < -0.39 is 0 Å². The quantitative estimate of drug-likeness (QED) is 0.907. The molecule has 0 spiro atoms. The van der Waals surface area contributed by atoms with E-state index in [0.717, 1.165) is 38.4 Å².